The molecule has 0 heterocycles. The Morgan fingerprint density at radius 2 is 2.13 bits per heavy atom. The number of nitrogens with one attached hydrogen (secondary N) is 1. The van der Waals surface area contributed by atoms with Crippen LogP contribution in [0.1, 0.15) is 38.2 Å². The molecule has 6 nitrogen and oxygen atoms in total. The number of hydrogen-bond donors (Lipinski definition) is 1. The van der Waals surface area contributed by atoms with E-state index in [0.717, 1.165) is 19.3 Å². The molecule has 0 unspecified atom stereocenters. The number of halogens is 1. The van der Waals surface area contributed by atoms with Gasteiger partial charge in [-0.15, -0.1) is 0 Å². The third-order valence-electron chi connectivity index (χ3n) is 4.23. The van der Waals surface area contributed by atoms with Gasteiger partial charge >= 0.3 is 0 Å². The maximum Gasteiger partial charge on any atom is 0.289 e. The van der Waals surface area contributed by atoms with Crippen LogP contribution in [0.15, 0.2) is 12.1 Å². The Morgan fingerprint density at radius 3 is 2.78 bits per heavy atom. The summed E-state index contributed by atoms with van der Waals surface area (Å²) in [6.45, 7) is 3.81. The fraction of sp³-hybridized carbons (Fsp3) is 0.562. The average molecular weight is 341 g/mol. The Kier molecular flexibility index (Phi) is 5.96. The van der Waals surface area contributed by atoms with Gasteiger partial charge in [-0.25, -0.2) is 0 Å². The van der Waals surface area contributed by atoms with E-state index in [2.05, 4.69) is 12.2 Å². The summed E-state index contributed by atoms with van der Waals surface area (Å²) >= 11 is 5.83. The van der Waals surface area contributed by atoms with Crippen LogP contribution >= 0.6 is 11.6 Å². The van der Waals surface area contributed by atoms with Gasteiger partial charge in [0.05, 0.1) is 16.7 Å². The topological polar surface area (TPSA) is 81.5 Å². The van der Waals surface area contributed by atoms with Crippen molar-refractivity contribution in [3.8, 4) is 0 Å². The zero-order chi connectivity index (χ0) is 17.0. The molecule has 126 valence electrons. The molecule has 0 spiro atoms. The van der Waals surface area contributed by atoms with Gasteiger partial charge in [0.25, 0.3) is 5.69 Å². The molecular formula is C16H21ClN2O4. The van der Waals surface area contributed by atoms with Crippen LogP contribution in [0.25, 0.3) is 0 Å². The Hall–Kier alpha value is -1.66. The van der Waals surface area contributed by atoms with E-state index in [0.29, 0.717) is 17.2 Å². The molecule has 1 aromatic carbocycles. The maximum absolute atomic E-state index is 12.0. The second kappa shape index (κ2) is 7.75. The summed E-state index contributed by atoms with van der Waals surface area (Å²) in [7, 11) is 0. The number of anilines is 1. The van der Waals surface area contributed by atoms with Crippen LogP contribution in [0.2, 0.25) is 5.02 Å². The molecule has 0 aliphatic heterocycles. The van der Waals surface area contributed by atoms with Crippen LogP contribution in [-0.2, 0) is 9.53 Å². The van der Waals surface area contributed by atoms with E-state index in [1.165, 1.54) is 18.6 Å². The van der Waals surface area contributed by atoms with Crippen molar-refractivity contribution in [1.82, 2.24) is 0 Å². The van der Waals surface area contributed by atoms with Crippen molar-refractivity contribution < 1.29 is 14.5 Å². The van der Waals surface area contributed by atoms with Gasteiger partial charge in [-0.3, -0.25) is 14.9 Å². The number of rotatable bonds is 5. The summed E-state index contributed by atoms with van der Waals surface area (Å²) in [4.78, 5) is 22.4. The normalized spacial score (nSPS) is 21.0. The number of aryl methyl sites for hydroxylation is 1. The van der Waals surface area contributed by atoms with Crippen molar-refractivity contribution in [1.29, 1.82) is 0 Å². The van der Waals surface area contributed by atoms with Crippen molar-refractivity contribution in [3.05, 3.63) is 32.8 Å². The van der Waals surface area contributed by atoms with E-state index in [9.17, 15) is 14.9 Å². The van der Waals surface area contributed by atoms with E-state index in [-0.39, 0.29) is 29.3 Å². The Bertz CT molecular complexity index is 606. The number of hydrogen-bond acceptors (Lipinski definition) is 4. The van der Waals surface area contributed by atoms with E-state index >= 15 is 0 Å². The van der Waals surface area contributed by atoms with Gasteiger partial charge in [0.2, 0.25) is 5.91 Å². The highest BCUT2D eigenvalue weighted by Crippen LogP contribution is 2.31. The molecule has 1 aliphatic carbocycles. The van der Waals surface area contributed by atoms with Crippen molar-refractivity contribution >= 4 is 28.9 Å². The Balaban J connectivity index is 1.97. The molecular weight excluding hydrogens is 320 g/mol. The lowest BCUT2D eigenvalue weighted by Gasteiger charge is -2.28. The van der Waals surface area contributed by atoms with Gasteiger partial charge in [0.15, 0.2) is 0 Å². The number of carbonyl (C=O) groups is 1. The molecule has 1 fully saturated rings. The highest BCUT2D eigenvalue weighted by atomic mass is 35.5. The predicted molar refractivity (Wildman–Crippen MR) is 88.8 cm³/mol. The van der Waals surface area contributed by atoms with E-state index in [4.69, 9.17) is 16.3 Å². The molecule has 2 atom stereocenters. The van der Waals surface area contributed by atoms with Gasteiger partial charge in [-0.2, -0.15) is 0 Å². The van der Waals surface area contributed by atoms with Crippen LogP contribution < -0.4 is 5.32 Å². The molecule has 1 aliphatic rings. The highest BCUT2D eigenvalue weighted by molar-refractivity contribution is 6.32. The highest BCUT2D eigenvalue weighted by Gasteiger charge is 2.23. The molecule has 0 aromatic heterocycles. The second-order valence-electron chi connectivity index (χ2n) is 6.04. The van der Waals surface area contributed by atoms with Crippen molar-refractivity contribution in [2.75, 3.05) is 11.9 Å². The molecule has 1 aromatic rings. The smallest absolute Gasteiger partial charge is 0.289 e. The molecule has 0 bridgehead atoms. The summed E-state index contributed by atoms with van der Waals surface area (Å²) in [6.07, 6.45) is 4.53. The summed E-state index contributed by atoms with van der Waals surface area (Å²) < 4.78 is 5.70. The average Bonchev–Trinajstić information content (AvgIpc) is 2.49. The van der Waals surface area contributed by atoms with Gasteiger partial charge in [-0.05, 0) is 37.3 Å². The monoisotopic (exact) mass is 340 g/mol. The first-order valence-electron chi connectivity index (χ1n) is 7.74. The number of nitrogens with zero attached hydrogens (tertiary/aromatic N) is 1. The van der Waals surface area contributed by atoms with Gasteiger partial charge in [-0.1, -0.05) is 31.4 Å². The molecule has 0 saturated heterocycles. The Morgan fingerprint density at radius 1 is 1.43 bits per heavy atom. The lowest BCUT2D eigenvalue weighted by Crippen LogP contribution is -2.29. The number of nitro groups is 1. The van der Waals surface area contributed by atoms with Crippen molar-refractivity contribution in [2.24, 2.45) is 5.92 Å². The molecule has 2 rings (SSSR count). The van der Waals surface area contributed by atoms with Crippen LogP contribution in [0.3, 0.4) is 0 Å². The summed E-state index contributed by atoms with van der Waals surface area (Å²) in [5.41, 5.74) is 0.820. The lowest BCUT2D eigenvalue weighted by molar-refractivity contribution is -0.384. The Labute approximate surface area is 140 Å². The first kappa shape index (κ1) is 17.7. The molecule has 1 amide bonds. The van der Waals surface area contributed by atoms with Crippen LogP contribution in [0.4, 0.5) is 11.4 Å². The first-order valence-corrected chi connectivity index (χ1v) is 8.12. The minimum absolute atomic E-state index is 0.0507. The SMILES string of the molecule is Cc1cc(Cl)c([N+](=O)[O-])cc1NC(=O)CO[C@H]1CCCC[C@@H]1C. The molecule has 1 N–H and O–H groups in total. The van der Waals surface area contributed by atoms with E-state index in [1.54, 1.807) is 6.92 Å². The minimum atomic E-state index is -0.572. The van der Waals surface area contributed by atoms with E-state index < -0.39 is 4.92 Å². The van der Waals surface area contributed by atoms with Gasteiger partial charge in [0.1, 0.15) is 11.6 Å². The molecule has 23 heavy (non-hydrogen) atoms. The van der Waals surface area contributed by atoms with Crippen molar-refractivity contribution in [2.45, 2.75) is 45.6 Å². The number of carbonyl (C=O) groups excluding carboxylic acids is 1. The summed E-state index contributed by atoms with van der Waals surface area (Å²) in [5.74, 6) is 0.136. The predicted octanol–water partition coefficient (Wildman–Crippen LogP) is 4.09. The minimum Gasteiger partial charge on any atom is -0.368 e. The summed E-state index contributed by atoms with van der Waals surface area (Å²) in [5, 5.41) is 13.6. The van der Waals surface area contributed by atoms with Gasteiger partial charge in [0, 0.05) is 6.07 Å². The fourth-order valence-electron chi connectivity index (χ4n) is 2.83. The first-order chi connectivity index (χ1) is 10.9. The number of amides is 1. The summed E-state index contributed by atoms with van der Waals surface area (Å²) in [6, 6.07) is 2.75. The quantitative estimate of drug-likeness (QED) is 0.646. The van der Waals surface area contributed by atoms with Gasteiger partial charge < -0.3 is 10.1 Å². The maximum atomic E-state index is 12.0. The van der Waals surface area contributed by atoms with E-state index in [1.807, 2.05) is 0 Å². The molecule has 7 heteroatoms. The molecule has 0 radical (unpaired) electrons. The third-order valence-corrected chi connectivity index (χ3v) is 4.53. The molecule has 1 saturated carbocycles. The number of ether oxygens (including phenoxy) is 1. The zero-order valence-corrected chi connectivity index (χ0v) is 14.1. The zero-order valence-electron chi connectivity index (χ0n) is 13.3. The standard InChI is InChI=1S/C16H21ClN2O4/c1-10-5-3-4-6-15(10)23-9-16(20)18-13-8-14(19(21)22)12(17)7-11(13)2/h7-8,10,15H,3-6,9H2,1-2H3,(H,18,20)/t10-,15-/m0/s1. The van der Waals surface area contributed by atoms with Crippen LogP contribution in [0.5, 0.6) is 0 Å². The van der Waals surface area contributed by atoms with Crippen molar-refractivity contribution in [3.63, 3.8) is 0 Å². The second-order valence-corrected chi connectivity index (χ2v) is 6.44. The fourth-order valence-corrected chi connectivity index (χ4v) is 3.12. The number of benzene rings is 1. The van der Waals surface area contributed by atoms with Crippen LogP contribution in [-0.4, -0.2) is 23.5 Å². The van der Waals surface area contributed by atoms with Crippen LogP contribution in [0, 0.1) is 23.0 Å². The number of nitro benzene ring substituents is 1. The third kappa shape index (κ3) is 4.65. The lowest BCUT2D eigenvalue weighted by atomic mass is 9.88. The largest absolute Gasteiger partial charge is 0.368 e.